The summed E-state index contributed by atoms with van der Waals surface area (Å²) < 4.78 is 8.33. The molecule has 0 fully saturated rings. The van der Waals surface area contributed by atoms with Gasteiger partial charge in [0.1, 0.15) is 23.7 Å². The number of hydrogen-bond donors (Lipinski definition) is 2. The number of ether oxygens (including phenoxy) is 1. The molecular formula is C22H33N5O. The van der Waals surface area contributed by atoms with Gasteiger partial charge in [0.25, 0.3) is 0 Å². The molecule has 0 saturated heterocycles. The lowest BCUT2D eigenvalue weighted by atomic mass is 9.90. The molecule has 28 heavy (non-hydrogen) atoms. The van der Waals surface area contributed by atoms with E-state index >= 15 is 0 Å². The zero-order valence-electron chi connectivity index (χ0n) is 17.7. The minimum absolute atomic E-state index is 0.146. The Morgan fingerprint density at radius 1 is 1.36 bits per heavy atom. The Labute approximate surface area is 168 Å². The SMILES string of the molecule is CCNC(=NCc1nccn1CC(C)C)NC1CC(C)(C)Oc2ccccc21. The lowest BCUT2D eigenvalue weighted by Crippen LogP contribution is -2.45. The van der Waals surface area contributed by atoms with Gasteiger partial charge in [0, 0.05) is 37.5 Å². The molecule has 0 radical (unpaired) electrons. The first-order valence-electron chi connectivity index (χ1n) is 10.2. The molecule has 152 valence electrons. The van der Waals surface area contributed by atoms with Gasteiger partial charge in [-0.3, -0.25) is 0 Å². The molecule has 6 heteroatoms. The van der Waals surface area contributed by atoms with Gasteiger partial charge in [-0.2, -0.15) is 0 Å². The van der Waals surface area contributed by atoms with Crippen molar-refractivity contribution < 1.29 is 4.74 Å². The van der Waals surface area contributed by atoms with E-state index in [0.717, 1.165) is 37.0 Å². The fraction of sp³-hybridized carbons (Fsp3) is 0.545. The first-order valence-corrected chi connectivity index (χ1v) is 10.2. The molecule has 0 saturated carbocycles. The lowest BCUT2D eigenvalue weighted by Gasteiger charge is -2.38. The maximum Gasteiger partial charge on any atom is 0.192 e. The Morgan fingerprint density at radius 3 is 2.89 bits per heavy atom. The van der Waals surface area contributed by atoms with Crippen LogP contribution in [-0.4, -0.2) is 27.7 Å². The van der Waals surface area contributed by atoms with E-state index in [1.807, 2.05) is 24.5 Å². The number of para-hydroxylation sites is 1. The summed E-state index contributed by atoms with van der Waals surface area (Å²) >= 11 is 0. The topological polar surface area (TPSA) is 63.5 Å². The van der Waals surface area contributed by atoms with Crippen molar-refractivity contribution >= 4 is 5.96 Å². The normalized spacial score (nSPS) is 18.5. The average molecular weight is 384 g/mol. The third-order valence-corrected chi connectivity index (χ3v) is 4.77. The van der Waals surface area contributed by atoms with Crippen molar-refractivity contribution in [1.29, 1.82) is 0 Å². The number of aromatic nitrogens is 2. The molecule has 1 aliphatic rings. The van der Waals surface area contributed by atoms with Crippen LogP contribution in [0.3, 0.4) is 0 Å². The van der Waals surface area contributed by atoms with Gasteiger partial charge in [0.15, 0.2) is 5.96 Å². The largest absolute Gasteiger partial charge is 0.487 e. The predicted molar refractivity (Wildman–Crippen MR) is 114 cm³/mol. The second-order valence-electron chi connectivity index (χ2n) is 8.39. The maximum atomic E-state index is 6.15. The van der Waals surface area contributed by atoms with Crippen molar-refractivity contribution in [3.8, 4) is 5.75 Å². The Bertz CT molecular complexity index is 809. The van der Waals surface area contributed by atoms with Crippen LogP contribution in [0.1, 0.15) is 58.5 Å². The summed E-state index contributed by atoms with van der Waals surface area (Å²) in [6, 6.07) is 8.39. The van der Waals surface area contributed by atoms with Gasteiger partial charge in [-0.1, -0.05) is 32.0 Å². The van der Waals surface area contributed by atoms with Crippen LogP contribution >= 0.6 is 0 Å². The molecule has 0 amide bonds. The van der Waals surface area contributed by atoms with Crippen LogP contribution < -0.4 is 15.4 Å². The first-order chi connectivity index (χ1) is 13.4. The number of nitrogens with zero attached hydrogens (tertiary/aromatic N) is 3. The molecule has 1 aliphatic heterocycles. The van der Waals surface area contributed by atoms with E-state index in [0.29, 0.717) is 12.5 Å². The van der Waals surface area contributed by atoms with Crippen LogP contribution in [0.2, 0.25) is 0 Å². The quantitative estimate of drug-likeness (QED) is 0.587. The van der Waals surface area contributed by atoms with E-state index in [9.17, 15) is 0 Å². The van der Waals surface area contributed by atoms with Crippen molar-refractivity contribution in [2.75, 3.05) is 6.54 Å². The molecule has 3 rings (SSSR count). The van der Waals surface area contributed by atoms with Gasteiger partial charge >= 0.3 is 0 Å². The van der Waals surface area contributed by atoms with Crippen molar-refractivity contribution in [3.05, 3.63) is 48.0 Å². The summed E-state index contributed by atoms with van der Waals surface area (Å²) in [4.78, 5) is 9.30. The van der Waals surface area contributed by atoms with E-state index in [-0.39, 0.29) is 11.6 Å². The fourth-order valence-corrected chi connectivity index (χ4v) is 3.62. The maximum absolute atomic E-state index is 6.15. The summed E-state index contributed by atoms with van der Waals surface area (Å²) in [6.07, 6.45) is 4.75. The van der Waals surface area contributed by atoms with E-state index in [1.54, 1.807) is 0 Å². The number of benzene rings is 1. The minimum atomic E-state index is -0.225. The minimum Gasteiger partial charge on any atom is -0.487 e. The van der Waals surface area contributed by atoms with Crippen LogP contribution in [0.5, 0.6) is 5.75 Å². The summed E-state index contributed by atoms with van der Waals surface area (Å²) in [5, 5.41) is 6.99. The van der Waals surface area contributed by atoms with Gasteiger partial charge in [0.2, 0.25) is 0 Å². The monoisotopic (exact) mass is 383 g/mol. The van der Waals surface area contributed by atoms with Crippen LogP contribution in [0.4, 0.5) is 0 Å². The highest BCUT2D eigenvalue weighted by atomic mass is 16.5. The highest BCUT2D eigenvalue weighted by molar-refractivity contribution is 5.80. The zero-order valence-corrected chi connectivity index (χ0v) is 17.7. The molecule has 1 aromatic carbocycles. The molecule has 0 aliphatic carbocycles. The van der Waals surface area contributed by atoms with Gasteiger partial charge in [-0.15, -0.1) is 0 Å². The number of hydrogen-bond acceptors (Lipinski definition) is 3. The number of guanidine groups is 1. The second-order valence-corrected chi connectivity index (χ2v) is 8.39. The third kappa shape index (κ3) is 5.06. The van der Waals surface area contributed by atoms with E-state index in [2.05, 4.69) is 66.9 Å². The molecule has 1 atom stereocenters. The van der Waals surface area contributed by atoms with Crippen molar-refractivity contribution in [2.24, 2.45) is 10.9 Å². The highest BCUT2D eigenvalue weighted by Crippen LogP contribution is 2.39. The van der Waals surface area contributed by atoms with E-state index in [4.69, 9.17) is 9.73 Å². The number of nitrogens with one attached hydrogen (secondary N) is 2. The summed E-state index contributed by atoms with van der Waals surface area (Å²) in [5.41, 5.74) is 0.949. The first kappa shape index (κ1) is 20.2. The summed E-state index contributed by atoms with van der Waals surface area (Å²) in [6.45, 7) is 13.1. The van der Waals surface area contributed by atoms with Crippen LogP contribution in [0, 0.1) is 5.92 Å². The average Bonchev–Trinajstić information content (AvgIpc) is 3.05. The van der Waals surface area contributed by atoms with Crippen molar-refractivity contribution in [3.63, 3.8) is 0 Å². The predicted octanol–water partition coefficient (Wildman–Crippen LogP) is 3.90. The van der Waals surface area contributed by atoms with Gasteiger partial charge in [-0.25, -0.2) is 9.98 Å². The molecule has 2 N–H and O–H groups in total. The second kappa shape index (κ2) is 8.67. The van der Waals surface area contributed by atoms with E-state index < -0.39 is 0 Å². The Morgan fingerprint density at radius 2 is 2.14 bits per heavy atom. The third-order valence-electron chi connectivity index (χ3n) is 4.77. The zero-order chi connectivity index (χ0) is 20.1. The summed E-state index contributed by atoms with van der Waals surface area (Å²) in [7, 11) is 0. The van der Waals surface area contributed by atoms with Crippen LogP contribution in [-0.2, 0) is 13.1 Å². The molecule has 2 aromatic rings. The molecule has 1 aromatic heterocycles. The molecule has 6 nitrogen and oxygen atoms in total. The summed E-state index contributed by atoms with van der Waals surface area (Å²) in [5.74, 6) is 3.31. The van der Waals surface area contributed by atoms with Gasteiger partial charge < -0.3 is 19.9 Å². The molecular weight excluding hydrogens is 350 g/mol. The molecule has 0 spiro atoms. The smallest absolute Gasteiger partial charge is 0.192 e. The van der Waals surface area contributed by atoms with Crippen molar-refractivity contribution in [2.45, 2.75) is 65.8 Å². The van der Waals surface area contributed by atoms with Crippen molar-refractivity contribution in [1.82, 2.24) is 20.2 Å². The Balaban J connectivity index is 1.78. The van der Waals surface area contributed by atoms with Crippen LogP contribution in [0.25, 0.3) is 0 Å². The Hall–Kier alpha value is -2.50. The highest BCUT2D eigenvalue weighted by Gasteiger charge is 2.33. The van der Waals surface area contributed by atoms with E-state index in [1.165, 1.54) is 5.56 Å². The Kier molecular flexibility index (Phi) is 6.27. The number of fused-ring (bicyclic) bond motifs is 1. The molecule has 1 unspecified atom stereocenters. The number of rotatable bonds is 6. The fourth-order valence-electron chi connectivity index (χ4n) is 3.62. The van der Waals surface area contributed by atoms with Crippen LogP contribution in [0.15, 0.2) is 41.7 Å². The molecule has 0 bridgehead atoms. The lowest BCUT2D eigenvalue weighted by molar-refractivity contribution is 0.0694. The van der Waals surface area contributed by atoms with Gasteiger partial charge in [-0.05, 0) is 32.8 Å². The molecule has 2 heterocycles. The number of aliphatic imine (C=N–C) groups is 1. The standard InChI is InChI=1S/C22H33N5O/c1-6-23-21(25-14-20-24-11-12-27(20)15-16(2)3)26-18-13-22(4,5)28-19-10-8-7-9-17(18)19/h7-12,16,18H,6,13-15H2,1-5H3,(H2,23,25,26). The number of imidazole rings is 1. The van der Waals surface area contributed by atoms with Gasteiger partial charge in [0.05, 0.1) is 6.04 Å².